The summed E-state index contributed by atoms with van der Waals surface area (Å²) < 4.78 is 5.04. The van der Waals surface area contributed by atoms with Crippen LogP contribution in [0.4, 0.5) is 0 Å². The van der Waals surface area contributed by atoms with Gasteiger partial charge in [0.05, 0.1) is 7.11 Å². The maximum Gasteiger partial charge on any atom is 0.325 e. The van der Waals surface area contributed by atoms with Gasteiger partial charge in [0.1, 0.15) is 5.54 Å². The van der Waals surface area contributed by atoms with Crippen molar-refractivity contribution in [2.75, 3.05) is 20.2 Å². The molecule has 122 valence electrons. The number of esters is 1. The molecule has 2 fully saturated rings. The summed E-state index contributed by atoms with van der Waals surface area (Å²) in [4.78, 5) is 14.9. The van der Waals surface area contributed by atoms with Crippen molar-refractivity contribution in [1.82, 2.24) is 10.2 Å². The van der Waals surface area contributed by atoms with Gasteiger partial charge >= 0.3 is 5.97 Å². The molecule has 2 rings (SSSR count). The van der Waals surface area contributed by atoms with Crippen molar-refractivity contribution >= 4 is 5.97 Å². The maximum absolute atomic E-state index is 12.2. The van der Waals surface area contributed by atoms with E-state index in [1.54, 1.807) is 0 Å². The van der Waals surface area contributed by atoms with Gasteiger partial charge in [0.2, 0.25) is 0 Å². The zero-order chi connectivity index (χ0) is 15.5. The van der Waals surface area contributed by atoms with E-state index in [1.165, 1.54) is 39.3 Å². The van der Waals surface area contributed by atoms with Crippen molar-refractivity contribution in [3.05, 3.63) is 0 Å². The second kappa shape index (κ2) is 7.10. The number of rotatable bonds is 10. The topological polar surface area (TPSA) is 41.6 Å². The van der Waals surface area contributed by atoms with Crippen LogP contribution in [0.25, 0.3) is 0 Å². The lowest BCUT2D eigenvalue weighted by Gasteiger charge is -2.36. The molecule has 1 N–H and O–H groups in total. The van der Waals surface area contributed by atoms with Crippen LogP contribution in [0, 0.1) is 5.92 Å². The van der Waals surface area contributed by atoms with E-state index in [-0.39, 0.29) is 5.97 Å². The van der Waals surface area contributed by atoms with Gasteiger partial charge in [-0.25, -0.2) is 0 Å². The van der Waals surface area contributed by atoms with Crippen molar-refractivity contribution in [2.45, 2.75) is 76.9 Å². The molecule has 0 radical (unpaired) electrons. The van der Waals surface area contributed by atoms with Crippen LogP contribution in [-0.2, 0) is 9.53 Å². The van der Waals surface area contributed by atoms with Gasteiger partial charge < -0.3 is 10.1 Å². The quantitative estimate of drug-likeness (QED) is 0.629. The molecule has 2 saturated carbocycles. The Kier molecular flexibility index (Phi) is 5.67. The zero-order valence-electron chi connectivity index (χ0n) is 14.2. The molecule has 2 atom stereocenters. The SMILES string of the molecule is CCCNC(C)(CC(C)N(CC1CC1)C1CC1)C(=O)OC. The van der Waals surface area contributed by atoms with E-state index in [1.807, 2.05) is 6.92 Å². The van der Waals surface area contributed by atoms with Crippen LogP contribution in [0.5, 0.6) is 0 Å². The summed E-state index contributed by atoms with van der Waals surface area (Å²) in [7, 11) is 1.49. The van der Waals surface area contributed by atoms with Crippen molar-refractivity contribution in [2.24, 2.45) is 5.92 Å². The number of nitrogens with one attached hydrogen (secondary N) is 1. The third-order valence-corrected chi connectivity index (χ3v) is 4.85. The molecule has 21 heavy (non-hydrogen) atoms. The molecule has 2 unspecified atom stereocenters. The van der Waals surface area contributed by atoms with E-state index in [0.29, 0.717) is 6.04 Å². The highest BCUT2D eigenvalue weighted by Gasteiger charge is 2.41. The fourth-order valence-electron chi connectivity index (χ4n) is 3.26. The van der Waals surface area contributed by atoms with Gasteiger partial charge in [-0.2, -0.15) is 0 Å². The summed E-state index contributed by atoms with van der Waals surface area (Å²) in [6.45, 7) is 8.46. The van der Waals surface area contributed by atoms with E-state index >= 15 is 0 Å². The molecular formula is C17H32N2O2. The summed E-state index contributed by atoms with van der Waals surface area (Å²) in [5, 5.41) is 3.41. The maximum atomic E-state index is 12.2. The van der Waals surface area contributed by atoms with Crippen molar-refractivity contribution in [3.63, 3.8) is 0 Å². The van der Waals surface area contributed by atoms with Gasteiger partial charge in [-0.1, -0.05) is 6.92 Å². The van der Waals surface area contributed by atoms with Gasteiger partial charge in [0.25, 0.3) is 0 Å². The number of methoxy groups -OCH3 is 1. The number of ether oxygens (including phenoxy) is 1. The molecule has 0 amide bonds. The fourth-order valence-corrected chi connectivity index (χ4v) is 3.26. The Labute approximate surface area is 129 Å². The molecule has 0 aromatic carbocycles. The minimum Gasteiger partial charge on any atom is -0.468 e. The second-order valence-electron chi connectivity index (χ2n) is 7.17. The summed E-state index contributed by atoms with van der Waals surface area (Å²) in [5.41, 5.74) is -0.569. The molecule has 0 aromatic rings. The van der Waals surface area contributed by atoms with Crippen molar-refractivity contribution in [1.29, 1.82) is 0 Å². The molecule has 2 aliphatic carbocycles. The molecule has 0 spiro atoms. The summed E-state index contributed by atoms with van der Waals surface area (Å²) in [5.74, 6) is 0.769. The number of nitrogens with zero attached hydrogens (tertiary/aromatic N) is 1. The normalized spacial score (nSPS) is 22.9. The van der Waals surface area contributed by atoms with Crippen LogP contribution in [0.15, 0.2) is 0 Å². The minimum atomic E-state index is -0.569. The average Bonchev–Trinajstić information content (AvgIpc) is 3.34. The lowest BCUT2D eigenvalue weighted by atomic mass is 9.92. The number of hydrogen-bond donors (Lipinski definition) is 1. The van der Waals surface area contributed by atoms with Crippen LogP contribution in [0.3, 0.4) is 0 Å². The lowest BCUT2D eigenvalue weighted by molar-refractivity contribution is -0.148. The number of hydrogen-bond acceptors (Lipinski definition) is 4. The predicted molar refractivity (Wildman–Crippen MR) is 85.2 cm³/mol. The summed E-state index contributed by atoms with van der Waals surface area (Å²) in [6, 6.07) is 1.18. The Bertz CT molecular complexity index is 353. The Morgan fingerprint density at radius 3 is 2.52 bits per heavy atom. The van der Waals surface area contributed by atoms with Crippen molar-refractivity contribution in [3.8, 4) is 0 Å². The lowest BCUT2D eigenvalue weighted by Crippen LogP contribution is -2.54. The van der Waals surface area contributed by atoms with Crippen LogP contribution < -0.4 is 5.32 Å². The first-order valence-electron chi connectivity index (χ1n) is 8.59. The molecule has 4 nitrogen and oxygen atoms in total. The molecule has 0 aromatic heterocycles. The summed E-state index contributed by atoms with van der Waals surface area (Å²) in [6.07, 6.45) is 7.28. The molecular weight excluding hydrogens is 264 g/mol. The molecule has 0 bridgehead atoms. The highest BCUT2D eigenvalue weighted by Crippen LogP contribution is 2.37. The first-order chi connectivity index (χ1) is 10.00. The highest BCUT2D eigenvalue weighted by atomic mass is 16.5. The molecule has 0 aliphatic heterocycles. The van der Waals surface area contributed by atoms with Crippen LogP contribution in [0.1, 0.15) is 59.3 Å². The van der Waals surface area contributed by atoms with Gasteiger partial charge in [0.15, 0.2) is 0 Å². The average molecular weight is 296 g/mol. The van der Waals surface area contributed by atoms with E-state index in [2.05, 4.69) is 24.1 Å². The third kappa shape index (κ3) is 4.68. The Morgan fingerprint density at radius 2 is 2.05 bits per heavy atom. The van der Waals surface area contributed by atoms with Crippen LogP contribution in [0.2, 0.25) is 0 Å². The van der Waals surface area contributed by atoms with Gasteiger partial charge in [-0.05, 0) is 64.8 Å². The van der Waals surface area contributed by atoms with Gasteiger partial charge in [0, 0.05) is 18.6 Å². The second-order valence-corrected chi connectivity index (χ2v) is 7.17. The Balaban J connectivity index is 1.97. The zero-order valence-corrected chi connectivity index (χ0v) is 14.2. The van der Waals surface area contributed by atoms with E-state index < -0.39 is 5.54 Å². The standard InChI is InChI=1S/C17H32N2O2/c1-5-10-18-17(3,16(20)21-4)11-13(2)19(15-8-9-15)12-14-6-7-14/h13-15,18H,5-12H2,1-4H3. The number of carbonyl (C=O) groups is 1. The largest absolute Gasteiger partial charge is 0.468 e. The Morgan fingerprint density at radius 1 is 1.38 bits per heavy atom. The smallest absolute Gasteiger partial charge is 0.325 e. The molecule has 0 saturated heterocycles. The molecule has 0 heterocycles. The van der Waals surface area contributed by atoms with Gasteiger partial charge in [-0.15, -0.1) is 0 Å². The van der Waals surface area contributed by atoms with E-state index in [4.69, 9.17) is 4.74 Å². The predicted octanol–water partition coefficient (Wildman–Crippen LogP) is 2.57. The monoisotopic (exact) mass is 296 g/mol. The first kappa shape index (κ1) is 16.8. The summed E-state index contributed by atoms with van der Waals surface area (Å²) >= 11 is 0. The molecule has 2 aliphatic rings. The van der Waals surface area contributed by atoms with E-state index in [9.17, 15) is 4.79 Å². The third-order valence-electron chi connectivity index (χ3n) is 4.85. The van der Waals surface area contributed by atoms with Gasteiger partial charge in [-0.3, -0.25) is 9.69 Å². The number of carbonyl (C=O) groups excluding carboxylic acids is 1. The van der Waals surface area contributed by atoms with Crippen LogP contribution in [-0.4, -0.2) is 48.7 Å². The fraction of sp³-hybridized carbons (Fsp3) is 0.941. The highest BCUT2D eigenvalue weighted by molar-refractivity contribution is 5.80. The van der Waals surface area contributed by atoms with Crippen molar-refractivity contribution < 1.29 is 9.53 Å². The Hall–Kier alpha value is -0.610. The molecule has 4 heteroatoms. The minimum absolute atomic E-state index is 0.134. The van der Waals surface area contributed by atoms with E-state index in [0.717, 1.165) is 31.3 Å². The first-order valence-corrected chi connectivity index (χ1v) is 8.59. The van der Waals surface area contributed by atoms with Crippen LogP contribution >= 0.6 is 0 Å².